The second-order valence-electron chi connectivity index (χ2n) is 5.41. The Morgan fingerprint density at radius 3 is 2.37 bits per heavy atom. The highest BCUT2D eigenvalue weighted by Crippen LogP contribution is 2.11. The molecule has 2 atom stereocenters. The standard InChI is InChI=1S/C15H23ClN2O/c1-10(2)14(17)9-15(19)18-11(3)8-12-4-6-13(16)7-5-12/h4-7,10-11,14H,8-9,17H2,1-3H3,(H,18,19). The van der Waals surface area contributed by atoms with Crippen molar-refractivity contribution in [2.24, 2.45) is 11.7 Å². The van der Waals surface area contributed by atoms with E-state index in [9.17, 15) is 4.79 Å². The van der Waals surface area contributed by atoms with E-state index in [2.05, 4.69) is 5.32 Å². The van der Waals surface area contributed by atoms with Crippen LogP contribution in [-0.2, 0) is 11.2 Å². The molecule has 1 aromatic rings. The predicted octanol–water partition coefficient (Wildman–Crippen LogP) is 2.76. The molecule has 0 aliphatic heterocycles. The number of amides is 1. The van der Waals surface area contributed by atoms with Crippen LogP contribution in [0, 0.1) is 5.92 Å². The van der Waals surface area contributed by atoms with E-state index in [1.54, 1.807) is 0 Å². The molecule has 0 saturated heterocycles. The third-order valence-electron chi connectivity index (χ3n) is 3.14. The lowest BCUT2D eigenvalue weighted by molar-refractivity contribution is -0.122. The van der Waals surface area contributed by atoms with Crippen molar-refractivity contribution in [3.05, 3.63) is 34.9 Å². The average molecular weight is 283 g/mol. The monoisotopic (exact) mass is 282 g/mol. The number of nitrogens with two attached hydrogens (primary N) is 1. The van der Waals surface area contributed by atoms with Crippen molar-refractivity contribution in [1.82, 2.24) is 5.32 Å². The Labute approximate surface area is 120 Å². The molecule has 0 saturated carbocycles. The van der Waals surface area contributed by atoms with Crippen LogP contribution in [0.4, 0.5) is 0 Å². The van der Waals surface area contributed by atoms with Crippen LogP contribution < -0.4 is 11.1 Å². The summed E-state index contributed by atoms with van der Waals surface area (Å²) in [5.74, 6) is 0.333. The Hall–Kier alpha value is -1.06. The van der Waals surface area contributed by atoms with Crippen molar-refractivity contribution in [2.75, 3.05) is 0 Å². The van der Waals surface area contributed by atoms with Gasteiger partial charge in [-0.3, -0.25) is 4.79 Å². The largest absolute Gasteiger partial charge is 0.353 e. The van der Waals surface area contributed by atoms with Crippen molar-refractivity contribution >= 4 is 17.5 Å². The molecule has 3 N–H and O–H groups in total. The fraction of sp³-hybridized carbons (Fsp3) is 0.533. The van der Waals surface area contributed by atoms with Gasteiger partial charge in [0.05, 0.1) is 0 Å². The van der Waals surface area contributed by atoms with Crippen molar-refractivity contribution in [3.8, 4) is 0 Å². The topological polar surface area (TPSA) is 55.1 Å². The third-order valence-corrected chi connectivity index (χ3v) is 3.39. The van der Waals surface area contributed by atoms with E-state index in [1.165, 1.54) is 0 Å². The number of halogens is 1. The van der Waals surface area contributed by atoms with Crippen LogP contribution in [0.15, 0.2) is 24.3 Å². The summed E-state index contributed by atoms with van der Waals surface area (Å²) in [7, 11) is 0. The van der Waals surface area contributed by atoms with Gasteiger partial charge in [-0.2, -0.15) is 0 Å². The summed E-state index contributed by atoms with van der Waals surface area (Å²) in [6.07, 6.45) is 1.17. The molecule has 0 bridgehead atoms. The van der Waals surface area contributed by atoms with Crippen LogP contribution in [0.25, 0.3) is 0 Å². The second kappa shape index (κ2) is 7.51. The van der Waals surface area contributed by atoms with Gasteiger partial charge in [-0.1, -0.05) is 37.6 Å². The maximum Gasteiger partial charge on any atom is 0.221 e. The number of hydrogen-bond donors (Lipinski definition) is 2. The van der Waals surface area contributed by atoms with E-state index in [-0.39, 0.29) is 18.0 Å². The fourth-order valence-corrected chi connectivity index (χ4v) is 1.93. The average Bonchev–Trinajstić information content (AvgIpc) is 2.31. The highest BCUT2D eigenvalue weighted by Gasteiger charge is 2.14. The zero-order chi connectivity index (χ0) is 14.4. The number of nitrogens with one attached hydrogen (secondary N) is 1. The molecule has 1 amide bonds. The van der Waals surface area contributed by atoms with Crippen LogP contribution >= 0.6 is 11.6 Å². The van der Waals surface area contributed by atoms with E-state index < -0.39 is 0 Å². The Kier molecular flexibility index (Phi) is 6.32. The predicted molar refractivity (Wildman–Crippen MR) is 80.2 cm³/mol. The number of carbonyl (C=O) groups excluding carboxylic acids is 1. The maximum atomic E-state index is 11.8. The smallest absolute Gasteiger partial charge is 0.221 e. The van der Waals surface area contributed by atoms with Gasteiger partial charge >= 0.3 is 0 Å². The molecule has 2 unspecified atom stereocenters. The summed E-state index contributed by atoms with van der Waals surface area (Å²) in [5, 5.41) is 3.70. The molecule has 4 heteroatoms. The molecular weight excluding hydrogens is 260 g/mol. The first-order chi connectivity index (χ1) is 8.88. The van der Waals surface area contributed by atoms with Gasteiger partial charge in [-0.25, -0.2) is 0 Å². The number of benzene rings is 1. The molecule has 1 rings (SSSR count). The molecule has 1 aromatic carbocycles. The maximum absolute atomic E-state index is 11.8. The van der Waals surface area contributed by atoms with Crippen LogP contribution in [0.2, 0.25) is 5.02 Å². The first-order valence-corrected chi connectivity index (χ1v) is 7.05. The molecule has 106 valence electrons. The van der Waals surface area contributed by atoms with Crippen molar-refractivity contribution < 1.29 is 4.79 Å². The Bertz CT molecular complexity index is 403. The van der Waals surface area contributed by atoms with E-state index in [0.29, 0.717) is 12.3 Å². The van der Waals surface area contributed by atoms with Crippen LogP contribution in [0.3, 0.4) is 0 Å². The third kappa shape index (κ3) is 6.08. The minimum Gasteiger partial charge on any atom is -0.353 e. The van der Waals surface area contributed by atoms with Crippen LogP contribution in [0.5, 0.6) is 0 Å². The van der Waals surface area contributed by atoms with Gasteiger partial charge < -0.3 is 11.1 Å². The van der Waals surface area contributed by atoms with E-state index >= 15 is 0 Å². The normalized spacial score (nSPS) is 14.2. The molecule has 0 aliphatic rings. The van der Waals surface area contributed by atoms with E-state index in [4.69, 9.17) is 17.3 Å². The zero-order valence-corrected chi connectivity index (χ0v) is 12.6. The van der Waals surface area contributed by atoms with E-state index in [1.807, 2.05) is 45.0 Å². The summed E-state index contributed by atoms with van der Waals surface area (Å²) in [4.78, 5) is 11.8. The number of rotatable bonds is 6. The minimum absolute atomic E-state index is 0.0164. The molecule has 0 fully saturated rings. The Morgan fingerprint density at radius 2 is 1.84 bits per heavy atom. The number of carbonyl (C=O) groups is 1. The molecule has 0 radical (unpaired) electrons. The molecular formula is C15H23ClN2O. The summed E-state index contributed by atoms with van der Waals surface area (Å²) >= 11 is 5.84. The Morgan fingerprint density at radius 1 is 1.26 bits per heavy atom. The molecule has 3 nitrogen and oxygen atoms in total. The molecule has 0 aromatic heterocycles. The second-order valence-corrected chi connectivity index (χ2v) is 5.85. The summed E-state index contributed by atoms with van der Waals surface area (Å²) in [6, 6.07) is 7.69. The highest BCUT2D eigenvalue weighted by atomic mass is 35.5. The lowest BCUT2D eigenvalue weighted by Crippen LogP contribution is -2.39. The van der Waals surface area contributed by atoms with Crippen LogP contribution in [0.1, 0.15) is 32.8 Å². The van der Waals surface area contributed by atoms with Gasteiger partial charge in [0.25, 0.3) is 0 Å². The van der Waals surface area contributed by atoms with Gasteiger partial charge in [0.15, 0.2) is 0 Å². The lowest BCUT2D eigenvalue weighted by Gasteiger charge is -2.18. The van der Waals surface area contributed by atoms with Gasteiger partial charge in [-0.15, -0.1) is 0 Å². The fourth-order valence-electron chi connectivity index (χ4n) is 1.81. The molecule has 0 spiro atoms. The summed E-state index contributed by atoms with van der Waals surface area (Å²) < 4.78 is 0. The van der Waals surface area contributed by atoms with Gasteiger partial charge in [0.1, 0.15) is 0 Å². The SMILES string of the molecule is CC(Cc1ccc(Cl)cc1)NC(=O)CC(N)C(C)C. The lowest BCUT2D eigenvalue weighted by atomic mass is 10.0. The Balaban J connectivity index is 2.40. The first-order valence-electron chi connectivity index (χ1n) is 6.68. The van der Waals surface area contributed by atoms with Crippen molar-refractivity contribution in [1.29, 1.82) is 0 Å². The quantitative estimate of drug-likeness (QED) is 0.843. The minimum atomic E-state index is -0.0808. The molecule has 19 heavy (non-hydrogen) atoms. The molecule has 0 aliphatic carbocycles. The van der Waals surface area contributed by atoms with Gasteiger partial charge in [-0.05, 0) is 37.0 Å². The first kappa shape index (κ1) is 16.0. The van der Waals surface area contributed by atoms with Crippen molar-refractivity contribution in [2.45, 2.75) is 45.7 Å². The van der Waals surface area contributed by atoms with Crippen LogP contribution in [-0.4, -0.2) is 18.0 Å². The highest BCUT2D eigenvalue weighted by molar-refractivity contribution is 6.30. The van der Waals surface area contributed by atoms with E-state index in [0.717, 1.165) is 17.0 Å². The number of hydrogen-bond acceptors (Lipinski definition) is 2. The molecule has 0 heterocycles. The summed E-state index contributed by atoms with van der Waals surface area (Å²) in [5.41, 5.74) is 7.04. The summed E-state index contributed by atoms with van der Waals surface area (Å²) in [6.45, 7) is 6.04. The van der Waals surface area contributed by atoms with Gasteiger partial charge in [0, 0.05) is 23.5 Å². The zero-order valence-electron chi connectivity index (χ0n) is 11.8. The van der Waals surface area contributed by atoms with Crippen molar-refractivity contribution in [3.63, 3.8) is 0 Å². The van der Waals surface area contributed by atoms with Gasteiger partial charge in [0.2, 0.25) is 5.91 Å².